The van der Waals surface area contributed by atoms with Gasteiger partial charge in [-0.25, -0.2) is 0 Å². The van der Waals surface area contributed by atoms with Crippen LogP contribution in [0.1, 0.15) is 30.4 Å². The van der Waals surface area contributed by atoms with E-state index in [1.165, 1.54) is 12.0 Å². The van der Waals surface area contributed by atoms with Gasteiger partial charge in [0.15, 0.2) is 0 Å². The van der Waals surface area contributed by atoms with Crippen molar-refractivity contribution in [2.45, 2.75) is 32.6 Å². The molecule has 0 aliphatic carbocycles. The Hall–Kier alpha value is -1.35. The third kappa shape index (κ3) is 4.06. The Morgan fingerprint density at radius 3 is 3.05 bits per heavy atom. The van der Waals surface area contributed by atoms with E-state index in [2.05, 4.69) is 19.1 Å². The van der Waals surface area contributed by atoms with E-state index in [4.69, 9.17) is 5.73 Å². The topological polar surface area (TPSA) is 46.3 Å². The SMILES string of the molecule is Cc1cccc(CC(=O)N2CCCC(CCN)C2)c1. The number of carbonyl (C=O) groups is 1. The first-order chi connectivity index (χ1) is 9.19. The lowest BCUT2D eigenvalue weighted by atomic mass is 9.94. The summed E-state index contributed by atoms with van der Waals surface area (Å²) >= 11 is 0. The van der Waals surface area contributed by atoms with Gasteiger partial charge in [-0.2, -0.15) is 0 Å². The number of likely N-dealkylation sites (tertiary alicyclic amines) is 1. The molecule has 1 unspecified atom stereocenters. The number of hydrogen-bond acceptors (Lipinski definition) is 2. The fraction of sp³-hybridized carbons (Fsp3) is 0.562. The molecule has 1 heterocycles. The molecule has 19 heavy (non-hydrogen) atoms. The lowest BCUT2D eigenvalue weighted by Crippen LogP contribution is -2.41. The summed E-state index contributed by atoms with van der Waals surface area (Å²) in [5, 5.41) is 0. The molecular formula is C16H24N2O. The molecule has 1 aliphatic heterocycles. The molecule has 1 aliphatic rings. The molecule has 1 fully saturated rings. The molecule has 3 heteroatoms. The zero-order valence-corrected chi connectivity index (χ0v) is 11.8. The van der Waals surface area contributed by atoms with Gasteiger partial charge in [0.1, 0.15) is 0 Å². The number of piperidine rings is 1. The Morgan fingerprint density at radius 1 is 1.47 bits per heavy atom. The van der Waals surface area contributed by atoms with E-state index in [1.807, 2.05) is 17.0 Å². The van der Waals surface area contributed by atoms with Gasteiger partial charge in [-0.1, -0.05) is 29.8 Å². The second kappa shape index (κ2) is 6.71. The molecule has 1 aromatic carbocycles. The second-order valence-corrected chi connectivity index (χ2v) is 5.59. The summed E-state index contributed by atoms with van der Waals surface area (Å²) in [7, 11) is 0. The van der Waals surface area contributed by atoms with Crippen molar-refractivity contribution in [1.82, 2.24) is 4.90 Å². The Kier molecular flexibility index (Phi) is 4.97. The molecule has 1 saturated heterocycles. The van der Waals surface area contributed by atoms with Gasteiger partial charge in [0.25, 0.3) is 0 Å². The van der Waals surface area contributed by atoms with Crippen molar-refractivity contribution in [3.05, 3.63) is 35.4 Å². The normalized spacial score (nSPS) is 19.5. The quantitative estimate of drug-likeness (QED) is 0.901. The first-order valence-electron chi connectivity index (χ1n) is 7.22. The minimum atomic E-state index is 0.257. The molecule has 1 amide bonds. The van der Waals surface area contributed by atoms with Crippen LogP contribution >= 0.6 is 0 Å². The number of aryl methyl sites for hydroxylation is 1. The van der Waals surface area contributed by atoms with Crippen LogP contribution in [0.25, 0.3) is 0 Å². The average molecular weight is 260 g/mol. The van der Waals surface area contributed by atoms with Crippen molar-refractivity contribution in [2.24, 2.45) is 11.7 Å². The van der Waals surface area contributed by atoms with Crippen molar-refractivity contribution in [3.8, 4) is 0 Å². The highest BCUT2D eigenvalue weighted by Crippen LogP contribution is 2.20. The number of nitrogens with zero attached hydrogens (tertiary/aromatic N) is 1. The maximum absolute atomic E-state index is 12.3. The molecule has 104 valence electrons. The molecule has 2 N–H and O–H groups in total. The molecule has 0 radical (unpaired) electrons. The van der Waals surface area contributed by atoms with E-state index in [9.17, 15) is 4.79 Å². The number of hydrogen-bond donors (Lipinski definition) is 1. The summed E-state index contributed by atoms with van der Waals surface area (Å²) in [6.45, 7) is 4.59. The zero-order valence-electron chi connectivity index (χ0n) is 11.8. The van der Waals surface area contributed by atoms with E-state index >= 15 is 0 Å². The summed E-state index contributed by atoms with van der Waals surface area (Å²) in [6.07, 6.45) is 3.89. The highest BCUT2D eigenvalue weighted by Gasteiger charge is 2.22. The number of rotatable bonds is 4. The molecule has 1 atom stereocenters. The predicted octanol–water partition coefficient (Wildman–Crippen LogP) is 2.12. The van der Waals surface area contributed by atoms with Crippen LogP contribution in [0.4, 0.5) is 0 Å². The molecule has 0 saturated carbocycles. The zero-order chi connectivity index (χ0) is 13.7. The highest BCUT2D eigenvalue weighted by molar-refractivity contribution is 5.78. The van der Waals surface area contributed by atoms with Gasteiger partial charge < -0.3 is 10.6 Å². The molecule has 0 bridgehead atoms. The van der Waals surface area contributed by atoms with E-state index in [-0.39, 0.29) is 5.91 Å². The summed E-state index contributed by atoms with van der Waals surface area (Å²) < 4.78 is 0. The first-order valence-corrected chi connectivity index (χ1v) is 7.22. The third-order valence-corrected chi connectivity index (χ3v) is 3.88. The molecular weight excluding hydrogens is 236 g/mol. The van der Waals surface area contributed by atoms with Crippen LogP contribution in [0.5, 0.6) is 0 Å². The Labute approximate surface area is 115 Å². The van der Waals surface area contributed by atoms with Gasteiger partial charge in [0, 0.05) is 13.1 Å². The van der Waals surface area contributed by atoms with E-state index in [1.54, 1.807) is 0 Å². The Balaban J connectivity index is 1.92. The monoisotopic (exact) mass is 260 g/mol. The summed E-state index contributed by atoms with van der Waals surface area (Å²) in [5.41, 5.74) is 7.95. The van der Waals surface area contributed by atoms with Gasteiger partial charge in [0.2, 0.25) is 5.91 Å². The lowest BCUT2D eigenvalue weighted by molar-refractivity contribution is -0.132. The van der Waals surface area contributed by atoms with Crippen molar-refractivity contribution in [2.75, 3.05) is 19.6 Å². The molecule has 0 aromatic heterocycles. The summed E-state index contributed by atoms with van der Waals surface area (Å²) in [6, 6.07) is 8.21. The van der Waals surface area contributed by atoms with E-state index in [0.717, 1.165) is 38.0 Å². The van der Waals surface area contributed by atoms with E-state index in [0.29, 0.717) is 12.3 Å². The van der Waals surface area contributed by atoms with Gasteiger partial charge in [0.05, 0.1) is 6.42 Å². The fourth-order valence-corrected chi connectivity index (χ4v) is 2.87. The number of carbonyl (C=O) groups excluding carboxylic acids is 1. The average Bonchev–Trinajstić information content (AvgIpc) is 2.39. The van der Waals surface area contributed by atoms with Crippen LogP contribution in [0.15, 0.2) is 24.3 Å². The lowest BCUT2D eigenvalue weighted by Gasteiger charge is -2.32. The minimum Gasteiger partial charge on any atom is -0.342 e. The molecule has 1 aromatic rings. The number of amides is 1. The second-order valence-electron chi connectivity index (χ2n) is 5.59. The first kappa shape index (κ1) is 14.1. The van der Waals surface area contributed by atoms with Crippen molar-refractivity contribution in [1.29, 1.82) is 0 Å². The maximum atomic E-state index is 12.3. The molecule has 2 rings (SSSR count). The summed E-state index contributed by atoms with van der Waals surface area (Å²) in [4.78, 5) is 14.3. The van der Waals surface area contributed by atoms with Gasteiger partial charge in [-0.15, -0.1) is 0 Å². The van der Waals surface area contributed by atoms with Crippen LogP contribution in [0.3, 0.4) is 0 Å². The largest absolute Gasteiger partial charge is 0.342 e. The van der Waals surface area contributed by atoms with Crippen LogP contribution in [-0.4, -0.2) is 30.4 Å². The van der Waals surface area contributed by atoms with Crippen LogP contribution < -0.4 is 5.73 Å². The molecule has 0 spiro atoms. The van der Waals surface area contributed by atoms with Crippen molar-refractivity contribution < 1.29 is 4.79 Å². The predicted molar refractivity (Wildman–Crippen MR) is 77.9 cm³/mol. The Bertz CT molecular complexity index is 429. The van der Waals surface area contributed by atoms with Crippen LogP contribution in [0.2, 0.25) is 0 Å². The van der Waals surface area contributed by atoms with Gasteiger partial charge in [-0.3, -0.25) is 4.79 Å². The van der Waals surface area contributed by atoms with Crippen LogP contribution in [0, 0.1) is 12.8 Å². The summed E-state index contributed by atoms with van der Waals surface area (Å²) in [5.74, 6) is 0.854. The van der Waals surface area contributed by atoms with Crippen molar-refractivity contribution >= 4 is 5.91 Å². The number of nitrogens with two attached hydrogens (primary N) is 1. The standard InChI is InChI=1S/C16H24N2O/c1-13-4-2-5-15(10-13)11-16(19)18-9-3-6-14(12-18)7-8-17/h2,4-5,10,14H,3,6-9,11-12,17H2,1H3. The number of benzene rings is 1. The Morgan fingerprint density at radius 2 is 2.32 bits per heavy atom. The fourth-order valence-electron chi connectivity index (χ4n) is 2.87. The van der Waals surface area contributed by atoms with Gasteiger partial charge in [-0.05, 0) is 44.2 Å². The maximum Gasteiger partial charge on any atom is 0.226 e. The smallest absolute Gasteiger partial charge is 0.226 e. The molecule has 3 nitrogen and oxygen atoms in total. The van der Waals surface area contributed by atoms with Gasteiger partial charge >= 0.3 is 0 Å². The minimum absolute atomic E-state index is 0.257. The third-order valence-electron chi connectivity index (χ3n) is 3.88. The van der Waals surface area contributed by atoms with Crippen molar-refractivity contribution in [3.63, 3.8) is 0 Å². The highest BCUT2D eigenvalue weighted by atomic mass is 16.2. The van der Waals surface area contributed by atoms with E-state index < -0.39 is 0 Å². The van der Waals surface area contributed by atoms with Crippen LogP contribution in [-0.2, 0) is 11.2 Å².